The number of halogens is 3. The Labute approximate surface area is 104 Å². The van der Waals surface area contributed by atoms with Crippen molar-refractivity contribution in [2.24, 2.45) is 0 Å². The normalized spacial score (nSPS) is 18.6. The van der Waals surface area contributed by atoms with Crippen molar-refractivity contribution in [3.8, 4) is 0 Å². The number of benzene rings is 1. The molecule has 1 fully saturated rings. The van der Waals surface area contributed by atoms with Crippen molar-refractivity contribution in [2.75, 3.05) is 26.2 Å². The minimum absolute atomic E-state index is 0.131. The maximum atomic E-state index is 13.7. The summed E-state index contributed by atoms with van der Waals surface area (Å²) in [5.41, 5.74) is -0.131. The maximum absolute atomic E-state index is 13.7. The molecule has 0 amide bonds. The molecule has 0 aromatic heterocycles. The Bertz CT molecular complexity index is 419. The molecule has 0 spiro atoms. The van der Waals surface area contributed by atoms with E-state index in [2.05, 4.69) is 11.9 Å². The van der Waals surface area contributed by atoms with E-state index in [1.165, 1.54) is 6.08 Å². The molecule has 1 aliphatic rings. The Morgan fingerprint density at radius 2 is 1.72 bits per heavy atom. The highest BCUT2D eigenvalue weighted by Gasteiger charge is 2.25. The highest BCUT2D eigenvalue weighted by molar-refractivity contribution is 5.27. The van der Waals surface area contributed by atoms with Crippen LogP contribution in [0.4, 0.5) is 13.2 Å². The Balaban J connectivity index is 2.35. The zero-order chi connectivity index (χ0) is 13.1. The summed E-state index contributed by atoms with van der Waals surface area (Å²) in [5.74, 6) is -2.64. The Kier molecular flexibility index (Phi) is 4.04. The van der Waals surface area contributed by atoms with E-state index in [9.17, 15) is 13.2 Å². The minimum Gasteiger partial charge on any atom is -0.314 e. The third-order valence-electron chi connectivity index (χ3n) is 3.11. The third-order valence-corrected chi connectivity index (χ3v) is 3.11. The van der Waals surface area contributed by atoms with Crippen LogP contribution >= 0.6 is 0 Å². The molecule has 1 aromatic carbocycles. The van der Waals surface area contributed by atoms with Crippen LogP contribution in [0.1, 0.15) is 11.6 Å². The zero-order valence-electron chi connectivity index (χ0n) is 9.93. The molecule has 1 aliphatic heterocycles. The first-order chi connectivity index (χ1) is 8.63. The monoisotopic (exact) mass is 256 g/mol. The summed E-state index contributed by atoms with van der Waals surface area (Å²) in [7, 11) is 0. The van der Waals surface area contributed by atoms with Crippen LogP contribution in [-0.2, 0) is 0 Å². The lowest BCUT2D eigenvalue weighted by atomic mass is 10.0. The van der Waals surface area contributed by atoms with Crippen molar-refractivity contribution in [3.05, 3.63) is 47.8 Å². The van der Waals surface area contributed by atoms with Crippen molar-refractivity contribution >= 4 is 0 Å². The Morgan fingerprint density at radius 1 is 1.17 bits per heavy atom. The van der Waals surface area contributed by atoms with E-state index in [4.69, 9.17) is 0 Å². The van der Waals surface area contributed by atoms with Crippen LogP contribution in [0.3, 0.4) is 0 Å². The predicted octanol–water partition coefficient (Wildman–Crippen LogP) is 2.24. The molecule has 18 heavy (non-hydrogen) atoms. The number of hydrogen-bond acceptors (Lipinski definition) is 2. The number of piperazine rings is 1. The molecule has 0 radical (unpaired) electrons. The summed E-state index contributed by atoms with van der Waals surface area (Å²) >= 11 is 0. The second kappa shape index (κ2) is 5.54. The standard InChI is InChI=1S/C13H15F3N2/c1-2-12(18-5-3-17-4-6-18)13-10(15)7-9(14)8-11(13)16/h2,7-8,12,17H,1,3-6H2/t12-/m0/s1. The van der Waals surface area contributed by atoms with Gasteiger partial charge in [-0.05, 0) is 0 Å². The molecule has 5 heteroatoms. The van der Waals surface area contributed by atoms with Gasteiger partial charge in [-0.1, -0.05) is 6.08 Å². The summed E-state index contributed by atoms with van der Waals surface area (Å²) in [6.45, 7) is 6.49. The molecule has 1 atom stereocenters. The molecule has 0 unspecified atom stereocenters. The molecule has 2 nitrogen and oxygen atoms in total. The van der Waals surface area contributed by atoms with Crippen molar-refractivity contribution < 1.29 is 13.2 Å². The van der Waals surface area contributed by atoms with Gasteiger partial charge in [0.25, 0.3) is 0 Å². The molecule has 1 heterocycles. The van der Waals surface area contributed by atoms with Gasteiger partial charge < -0.3 is 5.32 Å². The summed E-state index contributed by atoms with van der Waals surface area (Å²) in [6, 6.07) is 0.849. The number of nitrogens with zero attached hydrogens (tertiary/aromatic N) is 1. The van der Waals surface area contributed by atoms with E-state index in [1.807, 2.05) is 4.90 Å². The van der Waals surface area contributed by atoms with Gasteiger partial charge in [0, 0.05) is 43.9 Å². The lowest BCUT2D eigenvalue weighted by Crippen LogP contribution is -2.45. The number of nitrogens with one attached hydrogen (secondary N) is 1. The fourth-order valence-corrected chi connectivity index (χ4v) is 2.25. The van der Waals surface area contributed by atoms with Crippen molar-refractivity contribution in [1.82, 2.24) is 10.2 Å². The molecule has 0 aliphatic carbocycles. The van der Waals surface area contributed by atoms with Gasteiger partial charge in [0.15, 0.2) is 0 Å². The van der Waals surface area contributed by atoms with Crippen molar-refractivity contribution in [2.45, 2.75) is 6.04 Å². The average Bonchev–Trinajstić information content (AvgIpc) is 2.34. The lowest BCUT2D eigenvalue weighted by Gasteiger charge is -2.33. The van der Waals surface area contributed by atoms with E-state index >= 15 is 0 Å². The second-order valence-electron chi connectivity index (χ2n) is 4.25. The van der Waals surface area contributed by atoms with Crippen LogP contribution in [0, 0.1) is 17.5 Å². The van der Waals surface area contributed by atoms with E-state index < -0.39 is 23.5 Å². The minimum atomic E-state index is -0.906. The van der Waals surface area contributed by atoms with Crippen molar-refractivity contribution in [1.29, 1.82) is 0 Å². The molecular weight excluding hydrogens is 241 g/mol. The molecule has 98 valence electrons. The number of hydrogen-bond donors (Lipinski definition) is 1. The second-order valence-corrected chi connectivity index (χ2v) is 4.25. The van der Waals surface area contributed by atoms with Crippen LogP contribution in [-0.4, -0.2) is 31.1 Å². The summed E-state index contributed by atoms with van der Waals surface area (Å²) < 4.78 is 40.4. The van der Waals surface area contributed by atoms with E-state index in [-0.39, 0.29) is 5.56 Å². The van der Waals surface area contributed by atoms with Crippen molar-refractivity contribution in [3.63, 3.8) is 0 Å². The molecule has 1 N–H and O–H groups in total. The molecule has 0 bridgehead atoms. The summed E-state index contributed by atoms with van der Waals surface area (Å²) in [4.78, 5) is 1.92. The SMILES string of the molecule is C=C[C@@H](c1c(F)cc(F)cc1F)N1CCNCC1. The zero-order valence-corrected chi connectivity index (χ0v) is 9.93. The number of rotatable bonds is 3. The third kappa shape index (κ3) is 2.57. The van der Waals surface area contributed by atoms with Gasteiger partial charge in [-0.3, -0.25) is 4.90 Å². The van der Waals surface area contributed by atoms with E-state index in [0.29, 0.717) is 25.2 Å². The highest BCUT2D eigenvalue weighted by Crippen LogP contribution is 2.28. The van der Waals surface area contributed by atoms with E-state index in [1.54, 1.807) is 0 Å². The summed E-state index contributed by atoms with van der Waals surface area (Å²) in [5, 5.41) is 3.16. The van der Waals surface area contributed by atoms with Gasteiger partial charge in [0.05, 0.1) is 6.04 Å². The molecule has 0 saturated carbocycles. The fourth-order valence-electron chi connectivity index (χ4n) is 2.25. The van der Waals surface area contributed by atoms with E-state index in [0.717, 1.165) is 13.1 Å². The first-order valence-corrected chi connectivity index (χ1v) is 5.85. The van der Waals surface area contributed by atoms with Crippen LogP contribution in [0.2, 0.25) is 0 Å². The highest BCUT2D eigenvalue weighted by atomic mass is 19.1. The predicted molar refractivity (Wildman–Crippen MR) is 63.7 cm³/mol. The van der Waals surface area contributed by atoms with Gasteiger partial charge in [-0.2, -0.15) is 0 Å². The van der Waals surface area contributed by atoms with Gasteiger partial charge >= 0.3 is 0 Å². The average molecular weight is 256 g/mol. The smallest absolute Gasteiger partial charge is 0.134 e. The van der Waals surface area contributed by atoms with Crippen LogP contribution in [0.25, 0.3) is 0 Å². The quantitative estimate of drug-likeness (QED) is 0.834. The molecule has 1 saturated heterocycles. The first kappa shape index (κ1) is 13.1. The van der Waals surface area contributed by atoms with Gasteiger partial charge in [0.2, 0.25) is 0 Å². The van der Waals surface area contributed by atoms with Gasteiger partial charge in [0.1, 0.15) is 17.5 Å². The molecule has 2 rings (SSSR count). The fraction of sp³-hybridized carbons (Fsp3) is 0.385. The maximum Gasteiger partial charge on any atom is 0.134 e. The van der Waals surface area contributed by atoms with Crippen LogP contribution < -0.4 is 5.32 Å². The topological polar surface area (TPSA) is 15.3 Å². The van der Waals surface area contributed by atoms with Crippen LogP contribution in [0.15, 0.2) is 24.8 Å². The van der Waals surface area contributed by atoms with Gasteiger partial charge in [-0.25, -0.2) is 13.2 Å². The Morgan fingerprint density at radius 3 is 2.22 bits per heavy atom. The lowest BCUT2D eigenvalue weighted by molar-refractivity contribution is 0.197. The summed E-state index contributed by atoms with van der Waals surface area (Å²) in [6.07, 6.45) is 1.49. The van der Waals surface area contributed by atoms with Gasteiger partial charge in [-0.15, -0.1) is 6.58 Å². The molecule has 1 aromatic rings. The first-order valence-electron chi connectivity index (χ1n) is 5.85. The van der Waals surface area contributed by atoms with Crippen LogP contribution in [0.5, 0.6) is 0 Å². The molecular formula is C13H15F3N2. The Hall–Kier alpha value is -1.33. The largest absolute Gasteiger partial charge is 0.314 e.